The lowest BCUT2D eigenvalue weighted by Gasteiger charge is -2.22. The molecule has 1 aromatic rings. The fourth-order valence-electron chi connectivity index (χ4n) is 2.05. The third-order valence-corrected chi connectivity index (χ3v) is 4.74. The minimum Gasteiger partial charge on any atom is -0.369 e. The van der Waals surface area contributed by atoms with E-state index >= 15 is 0 Å². The molecule has 1 rings (SSSR count). The Bertz CT molecular complexity index is 605. The quantitative estimate of drug-likeness (QED) is 0.879. The molecule has 6 heteroatoms. The number of nitrogens with one attached hydrogen (secondary N) is 1. The molecule has 0 aliphatic heterocycles. The maximum absolute atomic E-state index is 12.2. The number of carbonyl (C=O) groups excluding carboxylic acids is 1. The molecule has 0 aliphatic carbocycles. The predicted molar refractivity (Wildman–Crippen MR) is 79.0 cm³/mol. The van der Waals surface area contributed by atoms with E-state index in [0.717, 1.165) is 5.56 Å². The lowest BCUT2D eigenvalue weighted by Crippen LogP contribution is -2.34. The van der Waals surface area contributed by atoms with Gasteiger partial charge in [-0.2, -0.15) is 0 Å². The average molecular weight is 298 g/mol. The maximum atomic E-state index is 12.2. The van der Waals surface area contributed by atoms with Crippen LogP contribution in [0.15, 0.2) is 17.0 Å². The van der Waals surface area contributed by atoms with E-state index in [0.29, 0.717) is 11.1 Å². The molecule has 0 saturated heterocycles. The Labute approximate surface area is 120 Å². The molecule has 0 fully saturated rings. The molecule has 112 valence electrons. The third kappa shape index (κ3) is 3.80. The second-order valence-corrected chi connectivity index (χ2v) is 7.68. The average Bonchev–Trinajstić information content (AvgIpc) is 2.23. The van der Waals surface area contributed by atoms with Crippen LogP contribution in [0.1, 0.15) is 37.5 Å². The van der Waals surface area contributed by atoms with E-state index in [4.69, 9.17) is 5.73 Å². The number of hydrogen-bond donors (Lipinski definition) is 2. The summed E-state index contributed by atoms with van der Waals surface area (Å²) in [7, 11) is -3.73. The van der Waals surface area contributed by atoms with Gasteiger partial charge < -0.3 is 5.73 Å². The van der Waals surface area contributed by atoms with Crippen LogP contribution in [0.2, 0.25) is 0 Å². The lowest BCUT2D eigenvalue weighted by molar-refractivity contribution is -0.116. The second kappa shape index (κ2) is 5.54. The summed E-state index contributed by atoms with van der Waals surface area (Å²) in [5, 5.41) is 0. The van der Waals surface area contributed by atoms with Crippen LogP contribution in [0.5, 0.6) is 0 Å². The molecular formula is C14H22N2O3S. The van der Waals surface area contributed by atoms with Gasteiger partial charge in [0.15, 0.2) is 0 Å². The van der Waals surface area contributed by atoms with Crippen LogP contribution in [-0.4, -0.2) is 20.9 Å². The number of primary amides is 1. The monoisotopic (exact) mass is 298 g/mol. The summed E-state index contributed by atoms with van der Waals surface area (Å²) in [6.45, 7) is 9.31. The van der Waals surface area contributed by atoms with Gasteiger partial charge in [0, 0.05) is 0 Å². The van der Waals surface area contributed by atoms with Crippen molar-refractivity contribution in [2.45, 2.75) is 44.9 Å². The first kappa shape index (κ1) is 16.7. The highest BCUT2D eigenvalue weighted by molar-refractivity contribution is 7.89. The highest BCUT2D eigenvalue weighted by Gasteiger charge is 2.23. The van der Waals surface area contributed by atoms with Crippen LogP contribution < -0.4 is 10.5 Å². The van der Waals surface area contributed by atoms with Gasteiger partial charge in [-0.3, -0.25) is 4.79 Å². The number of aryl methyl sites for hydroxylation is 2. The number of sulfonamides is 1. The van der Waals surface area contributed by atoms with Crippen LogP contribution in [0.4, 0.5) is 0 Å². The van der Waals surface area contributed by atoms with Crippen LogP contribution in [0, 0.1) is 13.8 Å². The molecule has 1 amide bonds. The largest absolute Gasteiger partial charge is 0.369 e. The van der Waals surface area contributed by atoms with Gasteiger partial charge in [-0.25, -0.2) is 13.1 Å². The van der Waals surface area contributed by atoms with Crippen molar-refractivity contribution in [2.75, 3.05) is 6.54 Å². The molecule has 0 aliphatic rings. The van der Waals surface area contributed by atoms with Gasteiger partial charge in [-0.1, -0.05) is 32.9 Å². The van der Waals surface area contributed by atoms with Gasteiger partial charge in [-0.15, -0.1) is 0 Å². The first-order valence-corrected chi connectivity index (χ1v) is 7.83. The molecular weight excluding hydrogens is 276 g/mol. The number of carbonyl (C=O) groups is 1. The normalized spacial score (nSPS) is 12.4. The first-order valence-electron chi connectivity index (χ1n) is 6.35. The number of benzene rings is 1. The Morgan fingerprint density at radius 3 is 2.00 bits per heavy atom. The van der Waals surface area contributed by atoms with E-state index in [9.17, 15) is 13.2 Å². The van der Waals surface area contributed by atoms with Crippen molar-refractivity contribution in [2.24, 2.45) is 5.73 Å². The zero-order valence-electron chi connectivity index (χ0n) is 12.6. The van der Waals surface area contributed by atoms with Gasteiger partial charge in [0.05, 0.1) is 11.4 Å². The Kier molecular flexibility index (Phi) is 4.61. The number of rotatable bonds is 4. The summed E-state index contributed by atoms with van der Waals surface area (Å²) in [6.07, 6.45) is 0. The van der Waals surface area contributed by atoms with Crippen molar-refractivity contribution < 1.29 is 13.2 Å². The van der Waals surface area contributed by atoms with Crippen LogP contribution in [0.25, 0.3) is 0 Å². The van der Waals surface area contributed by atoms with Gasteiger partial charge in [0.25, 0.3) is 0 Å². The third-order valence-electron chi connectivity index (χ3n) is 3.03. The van der Waals surface area contributed by atoms with Crippen molar-refractivity contribution in [3.63, 3.8) is 0 Å². The molecule has 0 aromatic heterocycles. The van der Waals surface area contributed by atoms with E-state index in [-0.39, 0.29) is 10.3 Å². The second-order valence-electron chi connectivity index (χ2n) is 5.98. The molecule has 1 aromatic carbocycles. The summed E-state index contributed by atoms with van der Waals surface area (Å²) < 4.78 is 26.7. The van der Waals surface area contributed by atoms with Crippen LogP contribution >= 0.6 is 0 Å². The molecule has 20 heavy (non-hydrogen) atoms. The van der Waals surface area contributed by atoms with Gasteiger partial charge in [0.2, 0.25) is 15.9 Å². The number of nitrogens with two attached hydrogens (primary N) is 1. The topological polar surface area (TPSA) is 89.3 Å². The lowest BCUT2D eigenvalue weighted by atomic mass is 9.85. The molecule has 3 N–H and O–H groups in total. The minimum atomic E-state index is -3.73. The minimum absolute atomic E-state index is 0.0571. The summed E-state index contributed by atoms with van der Waals surface area (Å²) in [4.78, 5) is 10.9. The fraction of sp³-hybridized carbons (Fsp3) is 0.500. The van der Waals surface area contributed by atoms with Gasteiger partial charge >= 0.3 is 0 Å². The SMILES string of the molecule is Cc1cc(C(C)(C)C)cc(C)c1S(=O)(=O)NCC(N)=O. The Morgan fingerprint density at radius 2 is 1.65 bits per heavy atom. The summed E-state index contributed by atoms with van der Waals surface area (Å²) in [6, 6.07) is 3.73. The highest BCUT2D eigenvalue weighted by Crippen LogP contribution is 2.28. The molecule has 0 heterocycles. The van der Waals surface area contributed by atoms with Crippen molar-refractivity contribution >= 4 is 15.9 Å². The zero-order chi connectivity index (χ0) is 15.7. The maximum Gasteiger partial charge on any atom is 0.241 e. The smallest absolute Gasteiger partial charge is 0.241 e. The molecule has 0 radical (unpaired) electrons. The molecule has 0 spiro atoms. The molecule has 0 atom stereocenters. The Balaban J connectivity index is 3.31. The van der Waals surface area contributed by atoms with E-state index in [1.54, 1.807) is 13.8 Å². The van der Waals surface area contributed by atoms with E-state index in [2.05, 4.69) is 25.5 Å². The van der Waals surface area contributed by atoms with Crippen molar-refractivity contribution in [1.82, 2.24) is 4.72 Å². The summed E-state index contributed by atoms with van der Waals surface area (Å²) >= 11 is 0. The van der Waals surface area contributed by atoms with Crippen LogP contribution in [0.3, 0.4) is 0 Å². The van der Waals surface area contributed by atoms with Gasteiger partial charge in [0.1, 0.15) is 0 Å². The number of hydrogen-bond acceptors (Lipinski definition) is 3. The molecule has 0 unspecified atom stereocenters. The van der Waals surface area contributed by atoms with E-state index in [1.807, 2.05) is 12.1 Å². The van der Waals surface area contributed by atoms with E-state index in [1.165, 1.54) is 0 Å². The fourth-order valence-corrected chi connectivity index (χ4v) is 3.49. The van der Waals surface area contributed by atoms with Crippen molar-refractivity contribution in [3.8, 4) is 0 Å². The molecule has 0 bridgehead atoms. The van der Waals surface area contributed by atoms with Crippen LogP contribution in [-0.2, 0) is 20.2 Å². The summed E-state index contributed by atoms with van der Waals surface area (Å²) in [5.41, 5.74) is 7.30. The van der Waals surface area contributed by atoms with Crippen molar-refractivity contribution in [1.29, 1.82) is 0 Å². The standard InChI is InChI=1S/C14H22N2O3S/c1-9-6-11(14(3,4)5)7-10(2)13(9)20(18,19)16-8-12(15)17/h6-7,16H,8H2,1-5H3,(H2,15,17). The van der Waals surface area contributed by atoms with Crippen molar-refractivity contribution in [3.05, 3.63) is 28.8 Å². The molecule has 0 saturated carbocycles. The molecule has 5 nitrogen and oxygen atoms in total. The first-order chi connectivity index (χ1) is 8.95. The Hall–Kier alpha value is -1.40. The Morgan fingerprint density at radius 1 is 1.20 bits per heavy atom. The zero-order valence-corrected chi connectivity index (χ0v) is 13.4. The highest BCUT2D eigenvalue weighted by atomic mass is 32.2. The summed E-state index contributed by atoms with van der Waals surface area (Å²) in [5.74, 6) is -0.713. The predicted octanol–water partition coefficient (Wildman–Crippen LogP) is 1.36. The van der Waals surface area contributed by atoms with Gasteiger partial charge in [-0.05, 0) is 36.0 Å². The number of amides is 1. The van der Waals surface area contributed by atoms with E-state index < -0.39 is 22.5 Å².